The van der Waals surface area contributed by atoms with Crippen LogP contribution in [0.4, 0.5) is 0 Å². The lowest BCUT2D eigenvalue weighted by Crippen LogP contribution is -2.16. The molecule has 1 heterocycles. The zero-order valence-corrected chi connectivity index (χ0v) is 20.2. The van der Waals surface area contributed by atoms with Crippen molar-refractivity contribution in [3.63, 3.8) is 0 Å². The number of H-pyrrole nitrogens is 1. The summed E-state index contributed by atoms with van der Waals surface area (Å²) in [6.07, 6.45) is 0.0457. The van der Waals surface area contributed by atoms with Gasteiger partial charge in [0.25, 0.3) is 5.56 Å². The number of aromatic amines is 1. The van der Waals surface area contributed by atoms with E-state index >= 15 is 0 Å². The SMILES string of the molecule is CCOc1ccc(C(C)=O)cc1Cc1c(O)nc(SCc2cc(C(C)=O)ccc2OC)[nH]c1=O. The first kappa shape index (κ1) is 25.0. The first-order valence-electron chi connectivity index (χ1n) is 10.6. The Labute approximate surface area is 201 Å². The maximum absolute atomic E-state index is 12.8. The van der Waals surface area contributed by atoms with Crippen LogP contribution < -0.4 is 15.0 Å². The Bertz CT molecular complexity index is 1280. The molecule has 0 saturated carbocycles. The van der Waals surface area contributed by atoms with Gasteiger partial charge in [-0.25, -0.2) is 0 Å². The van der Waals surface area contributed by atoms with Crippen molar-refractivity contribution in [2.75, 3.05) is 13.7 Å². The predicted octanol–water partition coefficient (Wildman–Crippen LogP) is 4.17. The van der Waals surface area contributed by atoms with E-state index in [1.807, 2.05) is 6.92 Å². The Morgan fingerprint density at radius 3 is 2.21 bits per heavy atom. The highest BCUT2D eigenvalue weighted by molar-refractivity contribution is 7.98. The Balaban J connectivity index is 1.86. The third kappa shape index (κ3) is 5.85. The van der Waals surface area contributed by atoms with E-state index in [4.69, 9.17) is 9.47 Å². The van der Waals surface area contributed by atoms with Gasteiger partial charge >= 0.3 is 0 Å². The third-order valence-corrected chi connectivity index (χ3v) is 6.08. The second-order valence-electron chi connectivity index (χ2n) is 7.53. The van der Waals surface area contributed by atoms with Crippen molar-refractivity contribution in [2.24, 2.45) is 0 Å². The number of hydrogen-bond donors (Lipinski definition) is 2. The van der Waals surface area contributed by atoms with Gasteiger partial charge in [0.2, 0.25) is 5.88 Å². The number of nitrogens with zero attached hydrogens (tertiary/aromatic N) is 1. The number of nitrogens with one attached hydrogen (secondary N) is 1. The highest BCUT2D eigenvalue weighted by Crippen LogP contribution is 2.29. The molecule has 3 rings (SSSR count). The van der Waals surface area contributed by atoms with E-state index in [1.54, 1.807) is 36.4 Å². The Morgan fingerprint density at radius 1 is 1.03 bits per heavy atom. The number of carbonyl (C=O) groups excluding carboxylic acids is 2. The van der Waals surface area contributed by atoms with Gasteiger partial charge in [-0.2, -0.15) is 4.98 Å². The van der Waals surface area contributed by atoms with Gasteiger partial charge in [-0.3, -0.25) is 14.4 Å². The molecule has 0 amide bonds. The fourth-order valence-corrected chi connectivity index (χ4v) is 4.21. The number of methoxy groups -OCH3 is 1. The summed E-state index contributed by atoms with van der Waals surface area (Å²) in [5, 5.41) is 10.8. The Kier molecular flexibility index (Phi) is 8.12. The number of ether oxygens (including phenoxy) is 2. The topological polar surface area (TPSA) is 119 Å². The van der Waals surface area contributed by atoms with Crippen molar-refractivity contribution in [3.05, 3.63) is 74.6 Å². The number of aromatic hydroxyl groups is 1. The summed E-state index contributed by atoms with van der Waals surface area (Å²) < 4.78 is 11.0. The van der Waals surface area contributed by atoms with Crippen LogP contribution in [-0.2, 0) is 12.2 Å². The summed E-state index contributed by atoms with van der Waals surface area (Å²) in [6.45, 7) is 5.19. The smallest absolute Gasteiger partial charge is 0.258 e. The molecule has 0 unspecified atom stereocenters. The van der Waals surface area contributed by atoms with Crippen molar-refractivity contribution in [1.29, 1.82) is 0 Å². The predicted molar refractivity (Wildman–Crippen MR) is 130 cm³/mol. The minimum atomic E-state index is -0.491. The molecule has 0 bridgehead atoms. The second kappa shape index (κ2) is 11.0. The number of hydrogen-bond acceptors (Lipinski definition) is 8. The maximum Gasteiger partial charge on any atom is 0.258 e. The van der Waals surface area contributed by atoms with E-state index < -0.39 is 11.4 Å². The van der Waals surface area contributed by atoms with Gasteiger partial charge in [0, 0.05) is 28.9 Å². The highest BCUT2D eigenvalue weighted by atomic mass is 32.2. The first-order chi connectivity index (χ1) is 16.2. The lowest BCUT2D eigenvalue weighted by atomic mass is 10.0. The lowest BCUT2D eigenvalue weighted by molar-refractivity contribution is 0.100. The molecule has 3 aromatic rings. The van der Waals surface area contributed by atoms with Crippen molar-refractivity contribution in [3.8, 4) is 17.4 Å². The molecular weight excluding hydrogens is 456 g/mol. The molecule has 178 valence electrons. The summed E-state index contributed by atoms with van der Waals surface area (Å²) >= 11 is 1.20. The second-order valence-corrected chi connectivity index (χ2v) is 8.50. The van der Waals surface area contributed by atoms with Crippen LogP contribution in [0.3, 0.4) is 0 Å². The molecule has 0 spiro atoms. The van der Waals surface area contributed by atoms with Gasteiger partial charge in [-0.05, 0) is 62.7 Å². The monoisotopic (exact) mass is 482 g/mol. The number of aromatic nitrogens is 2. The standard InChI is InChI=1S/C25H26N2O6S/c1-5-33-22-9-7-16(14(2)28)10-18(22)12-20-23(30)26-25(27-24(20)31)34-13-19-11-17(15(3)29)6-8-21(19)32-4/h6-11H,5,12-13H2,1-4H3,(H2,26,27,30,31). The van der Waals surface area contributed by atoms with Gasteiger partial charge in [0.1, 0.15) is 11.5 Å². The van der Waals surface area contributed by atoms with Crippen molar-refractivity contribution < 1.29 is 24.2 Å². The van der Waals surface area contributed by atoms with Crippen molar-refractivity contribution in [1.82, 2.24) is 9.97 Å². The van der Waals surface area contributed by atoms with Crippen LogP contribution in [0, 0.1) is 0 Å². The molecule has 0 fully saturated rings. The summed E-state index contributed by atoms with van der Waals surface area (Å²) in [4.78, 5) is 43.1. The average Bonchev–Trinajstić information content (AvgIpc) is 2.80. The summed E-state index contributed by atoms with van der Waals surface area (Å²) in [7, 11) is 1.54. The van der Waals surface area contributed by atoms with Crippen LogP contribution in [0.1, 0.15) is 58.2 Å². The van der Waals surface area contributed by atoms with E-state index in [0.717, 1.165) is 5.56 Å². The van der Waals surface area contributed by atoms with E-state index in [0.29, 0.717) is 40.5 Å². The molecule has 0 aliphatic rings. The van der Waals surface area contributed by atoms with Crippen LogP contribution in [0.25, 0.3) is 0 Å². The van der Waals surface area contributed by atoms with Crippen molar-refractivity contribution >= 4 is 23.3 Å². The molecule has 0 aliphatic heterocycles. The number of rotatable bonds is 10. The van der Waals surface area contributed by atoms with Crippen LogP contribution in [0.2, 0.25) is 0 Å². The molecule has 8 nitrogen and oxygen atoms in total. The van der Waals surface area contributed by atoms with E-state index in [9.17, 15) is 19.5 Å². The highest BCUT2D eigenvalue weighted by Gasteiger charge is 2.17. The quantitative estimate of drug-likeness (QED) is 0.251. The van der Waals surface area contributed by atoms with Gasteiger partial charge in [-0.1, -0.05) is 11.8 Å². The molecule has 34 heavy (non-hydrogen) atoms. The molecule has 2 aromatic carbocycles. The molecule has 1 aromatic heterocycles. The summed E-state index contributed by atoms with van der Waals surface area (Å²) in [5.41, 5.74) is 1.97. The molecular formula is C25H26N2O6S. The van der Waals surface area contributed by atoms with Gasteiger partial charge in [-0.15, -0.1) is 0 Å². The zero-order valence-electron chi connectivity index (χ0n) is 19.4. The first-order valence-corrected chi connectivity index (χ1v) is 11.6. The lowest BCUT2D eigenvalue weighted by Gasteiger charge is -2.12. The average molecular weight is 483 g/mol. The molecule has 0 saturated heterocycles. The molecule has 0 radical (unpaired) electrons. The van der Waals surface area contributed by atoms with Crippen LogP contribution >= 0.6 is 11.8 Å². The zero-order chi connectivity index (χ0) is 24.8. The van der Waals surface area contributed by atoms with Crippen molar-refractivity contribution in [2.45, 2.75) is 38.1 Å². The van der Waals surface area contributed by atoms with Crippen LogP contribution in [0.15, 0.2) is 46.3 Å². The minimum absolute atomic E-state index is 0.0457. The third-order valence-electron chi connectivity index (χ3n) is 5.16. The van der Waals surface area contributed by atoms with Crippen LogP contribution in [0.5, 0.6) is 17.4 Å². The normalized spacial score (nSPS) is 10.7. The molecule has 0 atom stereocenters. The van der Waals surface area contributed by atoms with Gasteiger partial charge < -0.3 is 19.6 Å². The Morgan fingerprint density at radius 2 is 1.65 bits per heavy atom. The maximum atomic E-state index is 12.8. The summed E-state index contributed by atoms with van der Waals surface area (Å²) in [5.74, 6) is 0.920. The molecule has 0 aliphatic carbocycles. The number of carbonyl (C=O) groups is 2. The van der Waals surface area contributed by atoms with E-state index in [1.165, 1.54) is 32.7 Å². The van der Waals surface area contributed by atoms with E-state index in [-0.39, 0.29) is 28.7 Å². The fourth-order valence-electron chi connectivity index (χ4n) is 3.37. The summed E-state index contributed by atoms with van der Waals surface area (Å²) in [6, 6.07) is 10.1. The number of Topliss-reactive ketones (excluding diaryl/α,β-unsaturated/α-hetero) is 2. The molecule has 2 N–H and O–H groups in total. The number of benzene rings is 2. The largest absolute Gasteiger partial charge is 0.496 e. The minimum Gasteiger partial charge on any atom is -0.496 e. The fraction of sp³-hybridized carbons (Fsp3) is 0.280. The van der Waals surface area contributed by atoms with Gasteiger partial charge in [0.05, 0.1) is 19.3 Å². The Hall–Kier alpha value is -3.59. The van der Waals surface area contributed by atoms with Gasteiger partial charge in [0.15, 0.2) is 16.7 Å². The van der Waals surface area contributed by atoms with Crippen LogP contribution in [-0.4, -0.2) is 40.4 Å². The molecule has 9 heteroatoms. The number of thioether (sulfide) groups is 1. The number of ketones is 2. The van der Waals surface area contributed by atoms with E-state index in [2.05, 4.69) is 9.97 Å².